The van der Waals surface area contributed by atoms with E-state index in [4.69, 9.17) is 21.6 Å². The highest BCUT2D eigenvalue weighted by molar-refractivity contribution is 9.10. The summed E-state index contributed by atoms with van der Waals surface area (Å²) < 4.78 is 33.5. The van der Waals surface area contributed by atoms with Crippen LogP contribution in [0.25, 0.3) is 0 Å². The lowest BCUT2D eigenvalue weighted by Crippen LogP contribution is -2.27. The molecule has 0 aliphatic carbocycles. The van der Waals surface area contributed by atoms with E-state index in [1.54, 1.807) is 32.2 Å². The predicted molar refractivity (Wildman–Crippen MR) is 95.6 cm³/mol. The lowest BCUT2D eigenvalue weighted by atomic mass is 10.1. The first-order valence-electron chi connectivity index (χ1n) is 6.84. The van der Waals surface area contributed by atoms with Crippen LogP contribution in [0.15, 0.2) is 45.8 Å². The van der Waals surface area contributed by atoms with Gasteiger partial charge in [-0.05, 0) is 58.7 Å². The number of halogens is 2. The van der Waals surface area contributed by atoms with Gasteiger partial charge in [0.1, 0.15) is 11.8 Å². The molecule has 2 aromatic rings. The first-order valence-corrected chi connectivity index (χ1v) is 9.49. The minimum absolute atomic E-state index is 0.0112. The molecule has 0 saturated heterocycles. The average molecular weight is 430 g/mol. The van der Waals surface area contributed by atoms with Gasteiger partial charge in [0, 0.05) is 6.04 Å². The lowest BCUT2D eigenvalue weighted by molar-refractivity contribution is 0.412. The van der Waals surface area contributed by atoms with E-state index < -0.39 is 16.1 Å². The molecule has 126 valence electrons. The highest BCUT2D eigenvalue weighted by Crippen LogP contribution is 2.29. The molecule has 0 bridgehead atoms. The number of ether oxygens (including phenoxy) is 1. The second kappa shape index (κ2) is 7.53. The fraction of sp³-hybridized carbons (Fsp3) is 0.188. The third kappa shape index (κ3) is 4.08. The van der Waals surface area contributed by atoms with Crippen molar-refractivity contribution in [3.63, 3.8) is 0 Å². The summed E-state index contributed by atoms with van der Waals surface area (Å²) >= 11 is 9.21. The minimum Gasteiger partial charge on any atom is -0.496 e. The number of nitrogens with one attached hydrogen (secondary N) is 1. The molecule has 1 unspecified atom stereocenters. The first kappa shape index (κ1) is 18.7. The maximum Gasteiger partial charge on any atom is 0.241 e. The van der Waals surface area contributed by atoms with Crippen molar-refractivity contribution in [2.24, 2.45) is 0 Å². The Hall–Kier alpha value is -1.59. The third-order valence-electron chi connectivity index (χ3n) is 3.38. The monoisotopic (exact) mass is 428 g/mol. The van der Waals surface area contributed by atoms with Crippen LogP contribution in [-0.2, 0) is 10.0 Å². The van der Waals surface area contributed by atoms with E-state index in [0.29, 0.717) is 5.75 Å². The van der Waals surface area contributed by atoms with Crippen LogP contribution in [0.2, 0.25) is 5.02 Å². The van der Waals surface area contributed by atoms with Crippen molar-refractivity contribution < 1.29 is 13.2 Å². The van der Waals surface area contributed by atoms with Crippen LogP contribution in [0, 0.1) is 11.3 Å². The minimum atomic E-state index is -3.79. The second-order valence-corrected chi connectivity index (χ2v) is 7.97. The van der Waals surface area contributed by atoms with Crippen LogP contribution >= 0.6 is 27.5 Å². The molecule has 0 amide bonds. The number of nitrogens with zero attached hydrogens (tertiary/aromatic N) is 1. The van der Waals surface area contributed by atoms with Crippen molar-refractivity contribution in [3.05, 3.63) is 57.0 Å². The van der Waals surface area contributed by atoms with Crippen molar-refractivity contribution in [2.75, 3.05) is 7.11 Å². The van der Waals surface area contributed by atoms with Gasteiger partial charge in [-0.2, -0.15) is 5.26 Å². The molecular formula is C16H14BrClN2O3S. The number of methoxy groups -OCH3 is 1. The zero-order valence-electron chi connectivity index (χ0n) is 12.9. The van der Waals surface area contributed by atoms with Crippen LogP contribution in [0.5, 0.6) is 5.75 Å². The summed E-state index contributed by atoms with van der Waals surface area (Å²) in [6.45, 7) is 1.73. The normalized spacial score (nSPS) is 12.5. The van der Waals surface area contributed by atoms with Crippen molar-refractivity contribution in [1.29, 1.82) is 5.26 Å². The zero-order valence-corrected chi connectivity index (χ0v) is 16.0. The molecule has 0 aliphatic heterocycles. The summed E-state index contributed by atoms with van der Waals surface area (Å²) in [6, 6.07) is 10.7. The molecule has 2 aromatic carbocycles. The Balaban J connectivity index is 2.29. The lowest BCUT2D eigenvalue weighted by Gasteiger charge is -2.16. The van der Waals surface area contributed by atoms with Crippen LogP contribution in [0.3, 0.4) is 0 Å². The molecule has 0 heterocycles. The van der Waals surface area contributed by atoms with Crippen molar-refractivity contribution >= 4 is 37.6 Å². The summed E-state index contributed by atoms with van der Waals surface area (Å²) in [5.74, 6) is 0.658. The summed E-state index contributed by atoms with van der Waals surface area (Å²) in [7, 11) is -2.24. The van der Waals surface area contributed by atoms with Crippen LogP contribution in [0.4, 0.5) is 0 Å². The van der Waals surface area contributed by atoms with Gasteiger partial charge >= 0.3 is 0 Å². The highest BCUT2D eigenvalue weighted by atomic mass is 79.9. The van der Waals surface area contributed by atoms with Gasteiger partial charge in [-0.1, -0.05) is 17.7 Å². The quantitative estimate of drug-likeness (QED) is 0.778. The second-order valence-electron chi connectivity index (χ2n) is 4.99. The molecular weight excluding hydrogens is 416 g/mol. The molecule has 2 rings (SSSR count). The standard InChI is InChI=1S/C16H14BrClN2O3S/c1-10(11-3-6-16(23-2)14(17)8-11)20-24(21,22)13-4-5-15(18)12(7-13)9-19/h3-8,10,20H,1-2H3. The van der Waals surface area contributed by atoms with E-state index in [0.717, 1.165) is 10.0 Å². The number of nitriles is 1. The molecule has 0 saturated carbocycles. The largest absolute Gasteiger partial charge is 0.496 e. The Kier molecular flexibility index (Phi) is 5.88. The Morgan fingerprint density at radius 1 is 1.29 bits per heavy atom. The SMILES string of the molecule is COc1ccc(C(C)NS(=O)(=O)c2ccc(Cl)c(C#N)c2)cc1Br. The van der Waals surface area contributed by atoms with E-state index in [1.807, 2.05) is 6.07 Å². The Labute approximate surface area is 154 Å². The van der Waals surface area contributed by atoms with Gasteiger partial charge in [-0.25, -0.2) is 13.1 Å². The number of hydrogen-bond donors (Lipinski definition) is 1. The van der Waals surface area contributed by atoms with Gasteiger partial charge in [-0.15, -0.1) is 0 Å². The maximum absolute atomic E-state index is 12.5. The smallest absolute Gasteiger partial charge is 0.241 e. The summed E-state index contributed by atoms with van der Waals surface area (Å²) in [4.78, 5) is -0.0112. The molecule has 8 heteroatoms. The Morgan fingerprint density at radius 3 is 2.58 bits per heavy atom. The molecule has 0 fully saturated rings. The summed E-state index contributed by atoms with van der Waals surface area (Å²) in [5.41, 5.74) is 0.875. The van der Waals surface area contributed by atoms with Crippen molar-refractivity contribution in [2.45, 2.75) is 17.9 Å². The average Bonchev–Trinajstić information content (AvgIpc) is 2.54. The predicted octanol–water partition coefficient (Wildman–Crippen LogP) is 4.02. The third-order valence-corrected chi connectivity index (χ3v) is 5.86. The fourth-order valence-electron chi connectivity index (χ4n) is 2.08. The maximum atomic E-state index is 12.5. The molecule has 24 heavy (non-hydrogen) atoms. The molecule has 0 aromatic heterocycles. The molecule has 0 aliphatic rings. The molecule has 1 N–H and O–H groups in total. The van der Waals surface area contributed by atoms with E-state index in [1.165, 1.54) is 18.2 Å². The van der Waals surface area contributed by atoms with Gasteiger partial charge in [0.05, 0.1) is 27.1 Å². The molecule has 0 radical (unpaired) electrons. The Bertz CT molecular complexity index is 910. The van der Waals surface area contributed by atoms with Crippen LogP contribution in [-0.4, -0.2) is 15.5 Å². The van der Waals surface area contributed by atoms with Crippen LogP contribution < -0.4 is 9.46 Å². The summed E-state index contributed by atoms with van der Waals surface area (Å²) in [6.07, 6.45) is 0. The number of benzene rings is 2. The van der Waals surface area contributed by atoms with E-state index in [2.05, 4.69) is 20.7 Å². The van der Waals surface area contributed by atoms with Gasteiger partial charge < -0.3 is 4.74 Å². The fourth-order valence-corrected chi connectivity index (χ4v) is 4.05. The van der Waals surface area contributed by atoms with Crippen LogP contribution in [0.1, 0.15) is 24.1 Å². The van der Waals surface area contributed by atoms with E-state index >= 15 is 0 Å². The molecule has 1 atom stereocenters. The van der Waals surface area contributed by atoms with Crippen molar-refractivity contribution in [1.82, 2.24) is 4.72 Å². The van der Waals surface area contributed by atoms with E-state index in [9.17, 15) is 8.42 Å². The topological polar surface area (TPSA) is 79.2 Å². The Morgan fingerprint density at radius 2 is 2.00 bits per heavy atom. The molecule has 0 spiro atoms. The number of sulfonamides is 1. The zero-order chi connectivity index (χ0) is 17.9. The van der Waals surface area contributed by atoms with Gasteiger partial charge in [-0.3, -0.25) is 0 Å². The summed E-state index contributed by atoms with van der Waals surface area (Å²) in [5, 5.41) is 9.19. The van der Waals surface area contributed by atoms with Gasteiger partial charge in [0.15, 0.2) is 0 Å². The highest BCUT2D eigenvalue weighted by Gasteiger charge is 2.20. The number of rotatable bonds is 5. The van der Waals surface area contributed by atoms with E-state index in [-0.39, 0.29) is 15.5 Å². The first-order chi connectivity index (χ1) is 11.3. The van der Waals surface area contributed by atoms with Gasteiger partial charge in [0.25, 0.3) is 0 Å². The number of hydrogen-bond acceptors (Lipinski definition) is 4. The molecule has 5 nitrogen and oxygen atoms in total. The van der Waals surface area contributed by atoms with Gasteiger partial charge in [0.2, 0.25) is 10.0 Å². The van der Waals surface area contributed by atoms with Crippen molar-refractivity contribution in [3.8, 4) is 11.8 Å².